The average Bonchev–Trinajstić information content (AvgIpc) is 3.28. The predicted octanol–water partition coefficient (Wildman–Crippen LogP) is 4.12. The molecule has 2 aromatic rings. The molecule has 5 heteroatoms. The van der Waals surface area contributed by atoms with Gasteiger partial charge in [-0.2, -0.15) is 4.98 Å². The van der Waals surface area contributed by atoms with Gasteiger partial charge < -0.3 is 9.47 Å². The molecule has 1 heterocycles. The van der Waals surface area contributed by atoms with Gasteiger partial charge in [-0.15, -0.1) is 0 Å². The van der Waals surface area contributed by atoms with Crippen LogP contribution in [0, 0.1) is 6.92 Å². The summed E-state index contributed by atoms with van der Waals surface area (Å²) < 4.78 is 11.0. The fourth-order valence-electron chi connectivity index (χ4n) is 1.89. The third kappa shape index (κ3) is 2.70. The number of methoxy groups -OCH3 is 1. The van der Waals surface area contributed by atoms with Crippen LogP contribution >= 0.6 is 11.6 Å². The normalized spacial score (nSPS) is 14.2. The first-order valence-corrected chi connectivity index (χ1v) is 6.91. The Morgan fingerprint density at radius 3 is 2.65 bits per heavy atom. The highest BCUT2D eigenvalue weighted by Gasteiger charge is 2.28. The molecule has 4 nitrogen and oxygen atoms in total. The van der Waals surface area contributed by atoms with E-state index in [1.165, 1.54) is 0 Å². The molecule has 1 aromatic carbocycles. The lowest BCUT2D eigenvalue weighted by molar-refractivity contribution is 0.406. The smallest absolute Gasteiger partial charge is 0.227 e. The van der Waals surface area contributed by atoms with Gasteiger partial charge in [0.25, 0.3) is 0 Å². The summed E-state index contributed by atoms with van der Waals surface area (Å²) in [5.41, 5.74) is 0.749. The van der Waals surface area contributed by atoms with Crippen molar-refractivity contribution in [3.8, 4) is 17.4 Å². The molecule has 3 rings (SSSR count). The first-order valence-electron chi connectivity index (χ1n) is 6.53. The Bertz CT molecular complexity index is 642. The minimum atomic E-state index is 0.431. The van der Waals surface area contributed by atoms with Crippen molar-refractivity contribution in [3.05, 3.63) is 40.8 Å². The van der Waals surface area contributed by atoms with E-state index in [0.717, 1.165) is 30.0 Å². The number of hydrogen-bond acceptors (Lipinski definition) is 4. The van der Waals surface area contributed by atoms with Gasteiger partial charge in [-0.05, 0) is 31.9 Å². The van der Waals surface area contributed by atoms with Crippen LogP contribution in [0.4, 0.5) is 0 Å². The van der Waals surface area contributed by atoms with Gasteiger partial charge in [-0.3, -0.25) is 0 Å². The molecule has 0 N–H and O–H groups in total. The summed E-state index contributed by atoms with van der Waals surface area (Å²) in [7, 11) is 1.62. The number of benzene rings is 1. The van der Waals surface area contributed by atoms with Crippen molar-refractivity contribution in [2.24, 2.45) is 0 Å². The van der Waals surface area contributed by atoms with Crippen LogP contribution in [0.15, 0.2) is 24.3 Å². The molecule has 0 aliphatic heterocycles. The molecule has 1 aliphatic rings. The second kappa shape index (κ2) is 5.29. The van der Waals surface area contributed by atoms with Crippen LogP contribution in [-0.2, 0) is 0 Å². The molecular formula is C15H15ClN2O2. The number of aromatic nitrogens is 2. The fourth-order valence-corrected chi connectivity index (χ4v) is 2.05. The summed E-state index contributed by atoms with van der Waals surface area (Å²) in [4.78, 5) is 8.81. The zero-order valence-corrected chi connectivity index (χ0v) is 12.1. The standard InChI is InChI=1S/C15H15ClN2O2/c1-9-13(16)17-14(10-6-7-10)18-15(9)20-12-5-3-4-11(8-12)19-2/h3-5,8,10H,6-7H2,1-2H3. The first-order chi connectivity index (χ1) is 9.67. The molecule has 104 valence electrons. The maximum Gasteiger partial charge on any atom is 0.227 e. The highest BCUT2D eigenvalue weighted by Crippen LogP contribution is 2.40. The Morgan fingerprint density at radius 1 is 1.20 bits per heavy atom. The highest BCUT2D eigenvalue weighted by molar-refractivity contribution is 6.30. The van der Waals surface area contributed by atoms with E-state index in [1.54, 1.807) is 7.11 Å². The summed E-state index contributed by atoms with van der Waals surface area (Å²) in [5.74, 6) is 3.13. The summed E-state index contributed by atoms with van der Waals surface area (Å²) in [6, 6.07) is 7.40. The summed E-state index contributed by atoms with van der Waals surface area (Å²) in [6.45, 7) is 1.86. The van der Waals surface area contributed by atoms with Crippen molar-refractivity contribution < 1.29 is 9.47 Å². The minimum absolute atomic E-state index is 0.431. The second-order valence-corrected chi connectivity index (χ2v) is 5.22. The van der Waals surface area contributed by atoms with Gasteiger partial charge in [0.15, 0.2) is 0 Å². The van der Waals surface area contributed by atoms with Crippen molar-refractivity contribution in [1.82, 2.24) is 9.97 Å². The average molecular weight is 291 g/mol. The fraction of sp³-hybridized carbons (Fsp3) is 0.333. The van der Waals surface area contributed by atoms with Crippen molar-refractivity contribution in [2.45, 2.75) is 25.7 Å². The molecule has 0 bridgehead atoms. The van der Waals surface area contributed by atoms with Gasteiger partial charge in [-0.1, -0.05) is 17.7 Å². The lowest BCUT2D eigenvalue weighted by Crippen LogP contribution is -2.00. The molecule has 0 unspecified atom stereocenters. The molecule has 1 saturated carbocycles. The first kappa shape index (κ1) is 13.2. The van der Waals surface area contributed by atoms with E-state index < -0.39 is 0 Å². The van der Waals surface area contributed by atoms with Crippen LogP contribution in [0.5, 0.6) is 17.4 Å². The Balaban J connectivity index is 1.92. The SMILES string of the molecule is COc1cccc(Oc2nc(C3CC3)nc(Cl)c2C)c1. The molecule has 1 aromatic heterocycles. The Kier molecular flexibility index (Phi) is 3.49. The molecular weight excluding hydrogens is 276 g/mol. The topological polar surface area (TPSA) is 44.2 Å². The van der Waals surface area contributed by atoms with Crippen LogP contribution in [0.1, 0.15) is 30.1 Å². The number of hydrogen-bond donors (Lipinski definition) is 0. The van der Waals surface area contributed by atoms with Gasteiger partial charge in [0.1, 0.15) is 22.5 Å². The number of halogens is 1. The van der Waals surface area contributed by atoms with Crippen LogP contribution in [0.2, 0.25) is 5.15 Å². The molecule has 20 heavy (non-hydrogen) atoms. The van der Waals surface area contributed by atoms with Gasteiger partial charge in [0.05, 0.1) is 7.11 Å². The molecule has 1 aliphatic carbocycles. The third-order valence-corrected chi connectivity index (χ3v) is 3.63. The molecule has 0 atom stereocenters. The minimum Gasteiger partial charge on any atom is -0.497 e. The Labute approximate surface area is 122 Å². The number of ether oxygens (including phenoxy) is 2. The maximum absolute atomic E-state index is 6.16. The Hall–Kier alpha value is -1.81. The maximum atomic E-state index is 6.16. The molecule has 0 spiro atoms. The number of rotatable bonds is 4. The van der Waals surface area contributed by atoms with Crippen molar-refractivity contribution in [3.63, 3.8) is 0 Å². The van der Waals surface area contributed by atoms with E-state index in [2.05, 4.69) is 9.97 Å². The van der Waals surface area contributed by atoms with E-state index in [1.807, 2.05) is 31.2 Å². The van der Waals surface area contributed by atoms with Gasteiger partial charge in [-0.25, -0.2) is 4.98 Å². The van der Waals surface area contributed by atoms with E-state index >= 15 is 0 Å². The highest BCUT2D eigenvalue weighted by atomic mass is 35.5. The summed E-state index contributed by atoms with van der Waals surface area (Å²) >= 11 is 6.16. The van der Waals surface area contributed by atoms with Crippen molar-refractivity contribution >= 4 is 11.6 Å². The summed E-state index contributed by atoms with van der Waals surface area (Å²) in [5, 5.41) is 0.458. The van der Waals surface area contributed by atoms with Crippen LogP contribution in [0.3, 0.4) is 0 Å². The zero-order chi connectivity index (χ0) is 14.1. The lowest BCUT2D eigenvalue weighted by atomic mass is 10.3. The molecule has 0 amide bonds. The van der Waals surface area contributed by atoms with E-state index in [4.69, 9.17) is 21.1 Å². The third-order valence-electron chi connectivity index (χ3n) is 3.26. The zero-order valence-electron chi connectivity index (χ0n) is 11.4. The largest absolute Gasteiger partial charge is 0.497 e. The van der Waals surface area contributed by atoms with Gasteiger partial charge in [0.2, 0.25) is 5.88 Å². The van der Waals surface area contributed by atoms with Gasteiger partial charge in [0, 0.05) is 17.5 Å². The van der Waals surface area contributed by atoms with Crippen LogP contribution < -0.4 is 9.47 Å². The number of nitrogens with zero attached hydrogens (tertiary/aromatic N) is 2. The van der Waals surface area contributed by atoms with E-state index in [-0.39, 0.29) is 0 Å². The van der Waals surface area contributed by atoms with Crippen LogP contribution in [0.25, 0.3) is 0 Å². The van der Waals surface area contributed by atoms with Crippen molar-refractivity contribution in [2.75, 3.05) is 7.11 Å². The lowest BCUT2D eigenvalue weighted by Gasteiger charge is -2.11. The molecule has 0 radical (unpaired) electrons. The monoisotopic (exact) mass is 290 g/mol. The summed E-state index contributed by atoms with van der Waals surface area (Å²) in [6.07, 6.45) is 2.25. The molecule has 0 saturated heterocycles. The predicted molar refractivity (Wildman–Crippen MR) is 76.8 cm³/mol. The van der Waals surface area contributed by atoms with E-state index in [9.17, 15) is 0 Å². The van der Waals surface area contributed by atoms with E-state index in [0.29, 0.717) is 22.7 Å². The van der Waals surface area contributed by atoms with Crippen molar-refractivity contribution in [1.29, 1.82) is 0 Å². The van der Waals surface area contributed by atoms with Gasteiger partial charge >= 0.3 is 0 Å². The Morgan fingerprint density at radius 2 is 1.95 bits per heavy atom. The quantitative estimate of drug-likeness (QED) is 0.795. The molecule has 1 fully saturated rings. The van der Waals surface area contributed by atoms with Crippen LogP contribution in [-0.4, -0.2) is 17.1 Å². The second-order valence-electron chi connectivity index (χ2n) is 4.86.